The van der Waals surface area contributed by atoms with Gasteiger partial charge in [-0.25, -0.2) is 0 Å². The third-order valence-corrected chi connectivity index (χ3v) is 4.82. The smallest absolute Gasteiger partial charge is 0.0868 e. The van der Waals surface area contributed by atoms with Gasteiger partial charge >= 0.3 is 0 Å². The summed E-state index contributed by atoms with van der Waals surface area (Å²) in [5, 5.41) is 21.9. The van der Waals surface area contributed by atoms with Crippen molar-refractivity contribution in [2.75, 3.05) is 6.61 Å². The van der Waals surface area contributed by atoms with Crippen LogP contribution < -0.4 is 5.32 Å². The molecule has 1 aliphatic heterocycles. The van der Waals surface area contributed by atoms with Gasteiger partial charge in [-0.15, -0.1) is 0 Å². The zero-order chi connectivity index (χ0) is 15.3. The van der Waals surface area contributed by atoms with Crippen LogP contribution in [0.1, 0.15) is 90.4 Å². The van der Waals surface area contributed by atoms with E-state index in [0.29, 0.717) is 0 Å². The average Bonchev–Trinajstić information content (AvgIpc) is 2.50. The summed E-state index contributed by atoms with van der Waals surface area (Å²) in [6, 6.07) is 0.151. The molecule has 1 rings (SSSR count). The lowest BCUT2D eigenvalue weighted by Gasteiger charge is -2.42. The molecule has 0 aromatic rings. The fourth-order valence-corrected chi connectivity index (χ4v) is 3.25. The Labute approximate surface area is 131 Å². The lowest BCUT2D eigenvalue weighted by Crippen LogP contribution is -2.66. The van der Waals surface area contributed by atoms with Crippen molar-refractivity contribution in [3.8, 4) is 0 Å². The molecule has 126 valence electrons. The number of aliphatic hydroxyl groups is 2. The Kier molecular flexibility index (Phi) is 11.2. The van der Waals surface area contributed by atoms with E-state index >= 15 is 0 Å². The van der Waals surface area contributed by atoms with E-state index in [2.05, 4.69) is 12.2 Å². The quantitative estimate of drug-likeness (QED) is 0.428. The molecule has 0 aromatic heterocycles. The van der Waals surface area contributed by atoms with Gasteiger partial charge in [-0.1, -0.05) is 84.0 Å². The highest BCUT2D eigenvalue weighted by Crippen LogP contribution is 2.19. The molecule has 1 fully saturated rings. The van der Waals surface area contributed by atoms with Gasteiger partial charge in [-0.05, 0) is 6.42 Å². The molecule has 0 aromatic carbocycles. The van der Waals surface area contributed by atoms with Crippen molar-refractivity contribution in [3.05, 3.63) is 0 Å². The third-order valence-electron chi connectivity index (χ3n) is 4.82. The van der Waals surface area contributed by atoms with Crippen LogP contribution in [0.25, 0.3) is 0 Å². The maximum absolute atomic E-state index is 9.72. The molecule has 1 heterocycles. The van der Waals surface area contributed by atoms with Crippen molar-refractivity contribution >= 4 is 0 Å². The van der Waals surface area contributed by atoms with Gasteiger partial charge in [0.25, 0.3) is 0 Å². The number of hydrogen-bond acceptors (Lipinski definition) is 3. The molecule has 0 radical (unpaired) electrons. The second-order valence-electron chi connectivity index (χ2n) is 6.73. The van der Waals surface area contributed by atoms with Gasteiger partial charge in [0, 0.05) is 6.04 Å². The average molecular weight is 299 g/mol. The Hall–Kier alpha value is -0.120. The molecule has 21 heavy (non-hydrogen) atoms. The Morgan fingerprint density at radius 2 is 1.19 bits per heavy atom. The van der Waals surface area contributed by atoms with Gasteiger partial charge in [0.05, 0.1) is 18.8 Å². The maximum Gasteiger partial charge on any atom is 0.0868 e. The van der Waals surface area contributed by atoms with Crippen LogP contribution in [0.4, 0.5) is 0 Å². The van der Waals surface area contributed by atoms with Crippen LogP contribution in [0, 0.1) is 0 Å². The molecule has 3 N–H and O–H groups in total. The minimum atomic E-state index is -0.331. The number of aliphatic hydroxyl groups excluding tert-OH is 2. The molecule has 3 atom stereocenters. The normalized spacial score (nSPS) is 25.0. The maximum atomic E-state index is 9.72. The summed E-state index contributed by atoms with van der Waals surface area (Å²) < 4.78 is 0. The summed E-state index contributed by atoms with van der Waals surface area (Å²) in [6.45, 7) is 2.32. The van der Waals surface area contributed by atoms with Crippen LogP contribution >= 0.6 is 0 Å². The molecule has 1 saturated heterocycles. The van der Waals surface area contributed by atoms with E-state index in [0.717, 1.165) is 6.42 Å². The Morgan fingerprint density at radius 3 is 1.62 bits per heavy atom. The summed E-state index contributed by atoms with van der Waals surface area (Å²) in [4.78, 5) is 0. The van der Waals surface area contributed by atoms with E-state index < -0.39 is 0 Å². The SMILES string of the molecule is CCCCCCCCCCCCCC[C@@H]1N[C@H](CO)[C@H]1O. The number of nitrogens with one attached hydrogen (secondary N) is 1. The van der Waals surface area contributed by atoms with Crippen LogP contribution in [-0.4, -0.2) is 35.0 Å². The summed E-state index contributed by atoms with van der Waals surface area (Å²) in [5.74, 6) is 0. The van der Waals surface area contributed by atoms with Gasteiger partial charge in [0.2, 0.25) is 0 Å². The van der Waals surface area contributed by atoms with Gasteiger partial charge in [-0.2, -0.15) is 0 Å². The van der Waals surface area contributed by atoms with Crippen LogP contribution in [0.2, 0.25) is 0 Å². The van der Waals surface area contributed by atoms with E-state index in [1.165, 1.54) is 77.0 Å². The number of hydrogen-bond donors (Lipinski definition) is 3. The first-order valence-corrected chi connectivity index (χ1v) is 9.34. The first-order valence-electron chi connectivity index (χ1n) is 9.34. The molecular weight excluding hydrogens is 262 g/mol. The van der Waals surface area contributed by atoms with Gasteiger partial charge < -0.3 is 15.5 Å². The third kappa shape index (κ3) is 8.18. The standard InChI is InChI=1S/C18H37NO2/c1-2-3-4-5-6-7-8-9-10-11-12-13-14-16-18(21)17(15-20)19-16/h16-21H,2-15H2,1H3/t16-,17+,18-/m0/s1. The van der Waals surface area contributed by atoms with Crippen molar-refractivity contribution in [2.24, 2.45) is 0 Å². The largest absolute Gasteiger partial charge is 0.395 e. The number of rotatable bonds is 14. The molecule has 0 unspecified atom stereocenters. The van der Waals surface area contributed by atoms with Crippen molar-refractivity contribution in [2.45, 2.75) is 109 Å². The highest BCUT2D eigenvalue weighted by Gasteiger charge is 2.37. The Balaban J connectivity index is 1.73. The summed E-state index contributed by atoms with van der Waals surface area (Å²) in [7, 11) is 0. The van der Waals surface area contributed by atoms with Crippen LogP contribution in [0.3, 0.4) is 0 Å². The molecule has 0 saturated carbocycles. The topological polar surface area (TPSA) is 52.5 Å². The van der Waals surface area contributed by atoms with Crippen molar-refractivity contribution < 1.29 is 10.2 Å². The minimum Gasteiger partial charge on any atom is -0.395 e. The summed E-state index contributed by atoms with van der Waals surface area (Å²) in [5.41, 5.74) is 0. The van der Waals surface area contributed by atoms with E-state index in [9.17, 15) is 5.11 Å². The number of unbranched alkanes of at least 4 members (excludes halogenated alkanes) is 11. The lowest BCUT2D eigenvalue weighted by molar-refractivity contribution is -0.0192. The molecule has 0 amide bonds. The van der Waals surface area contributed by atoms with Crippen molar-refractivity contribution in [1.29, 1.82) is 0 Å². The molecule has 3 heteroatoms. The lowest BCUT2D eigenvalue weighted by atomic mass is 9.89. The van der Waals surface area contributed by atoms with Gasteiger partial charge in [0.15, 0.2) is 0 Å². The first kappa shape index (κ1) is 18.9. The molecule has 3 nitrogen and oxygen atoms in total. The first-order chi connectivity index (χ1) is 10.3. The fourth-order valence-electron chi connectivity index (χ4n) is 3.25. The highest BCUT2D eigenvalue weighted by molar-refractivity contribution is 4.97. The molecule has 0 bridgehead atoms. The second kappa shape index (κ2) is 12.4. The zero-order valence-corrected chi connectivity index (χ0v) is 14.0. The van der Waals surface area contributed by atoms with Crippen LogP contribution in [-0.2, 0) is 0 Å². The van der Waals surface area contributed by atoms with Crippen molar-refractivity contribution in [1.82, 2.24) is 5.32 Å². The monoisotopic (exact) mass is 299 g/mol. The summed E-state index contributed by atoms with van der Waals surface area (Å²) in [6.07, 6.45) is 17.2. The minimum absolute atomic E-state index is 0.0517. The van der Waals surface area contributed by atoms with Crippen LogP contribution in [0.5, 0.6) is 0 Å². The Bertz CT molecular complexity index is 235. The summed E-state index contributed by atoms with van der Waals surface area (Å²) >= 11 is 0. The Morgan fingerprint density at radius 1 is 0.714 bits per heavy atom. The predicted octanol–water partition coefficient (Wildman–Crippen LogP) is 3.77. The predicted molar refractivity (Wildman–Crippen MR) is 89.5 cm³/mol. The van der Waals surface area contributed by atoms with Crippen molar-refractivity contribution in [3.63, 3.8) is 0 Å². The van der Waals surface area contributed by atoms with Gasteiger partial charge in [0.1, 0.15) is 0 Å². The zero-order valence-electron chi connectivity index (χ0n) is 14.0. The van der Waals surface area contributed by atoms with E-state index in [1.807, 2.05) is 0 Å². The molecule has 1 aliphatic rings. The van der Waals surface area contributed by atoms with Crippen LogP contribution in [0.15, 0.2) is 0 Å². The van der Waals surface area contributed by atoms with E-state index in [1.54, 1.807) is 0 Å². The van der Waals surface area contributed by atoms with Gasteiger partial charge in [-0.3, -0.25) is 0 Å². The van der Waals surface area contributed by atoms with E-state index in [4.69, 9.17) is 5.11 Å². The molecule has 0 aliphatic carbocycles. The molecule has 0 spiro atoms. The highest BCUT2D eigenvalue weighted by atomic mass is 16.3. The second-order valence-corrected chi connectivity index (χ2v) is 6.73. The van der Waals surface area contributed by atoms with E-state index in [-0.39, 0.29) is 24.8 Å². The molecular formula is C18H37NO2. The fraction of sp³-hybridized carbons (Fsp3) is 1.00.